The van der Waals surface area contributed by atoms with E-state index in [-0.39, 0.29) is 0 Å². The van der Waals surface area contributed by atoms with E-state index in [0.717, 1.165) is 5.56 Å². The van der Waals surface area contributed by atoms with Crippen LogP contribution in [0.5, 0.6) is 0 Å². The Morgan fingerprint density at radius 1 is 1.70 bits per heavy atom. The van der Waals surface area contributed by atoms with Crippen molar-refractivity contribution >= 4 is 5.82 Å². The molecule has 0 saturated carbocycles. The van der Waals surface area contributed by atoms with Crippen molar-refractivity contribution in [1.29, 1.82) is 0 Å². The standard InChI is InChI=1S/C6H7N3O/c1-5-3-2-4-7-6(5)8-9-10/h2-4H,1H3,(H,7,8,10). The van der Waals surface area contributed by atoms with Gasteiger partial charge in [0.2, 0.25) is 0 Å². The van der Waals surface area contributed by atoms with Crippen molar-refractivity contribution in [3.63, 3.8) is 0 Å². The summed E-state index contributed by atoms with van der Waals surface area (Å²) in [5.74, 6) is 0.512. The highest BCUT2D eigenvalue weighted by molar-refractivity contribution is 5.41. The Hall–Kier alpha value is -1.45. The van der Waals surface area contributed by atoms with E-state index < -0.39 is 0 Å². The van der Waals surface area contributed by atoms with Crippen molar-refractivity contribution in [3.8, 4) is 0 Å². The summed E-state index contributed by atoms with van der Waals surface area (Å²) in [6.45, 7) is 1.85. The number of aryl methyl sites for hydroxylation is 1. The second-order valence-electron chi connectivity index (χ2n) is 1.87. The Morgan fingerprint density at radius 2 is 2.50 bits per heavy atom. The van der Waals surface area contributed by atoms with Gasteiger partial charge in [-0.05, 0) is 18.6 Å². The zero-order valence-corrected chi connectivity index (χ0v) is 5.53. The number of nitroso groups, excluding NO2 is 1. The van der Waals surface area contributed by atoms with E-state index in [1.54, 1.807) is 12.3 Å². The minimum Gasteiger partial charge on any atom is -0.237 e. The fourth-order valence-electron chi connectivity index (χ4n) is 0.646. The number of rotatable bonds is 2. The highest BCUT2D eigenvalue weighted by Crippen LogP contribution is 2.07. The molecule has 1 rings (SSSR count). The van der Waals surface area contributed by atoms with Gasteiger partial charge in [0.15, 0.2) is 5.82 Å². The lowest BCUT2D eigenvalue weighted by Gasteiger charge is -1.97. The van der Waals surface area contributed by atoms with Crippen LogP contribution in [0.3, 0.4) is 0 Å². The van der Waals surface area contributed by atoms with Gasteiger partial charge in [-0.25, -0.2) is 10.4 Å². The van der Waals surface area contributed by atoms with Gasteiger partial charge in [0.25, 0.3) is 0 Å². The molecule has 1 N–H and O–H groups in total. The molecule has 1 aromatic rings. The minimum atomic E-state index is 0.512. The van der Waals surface area contributed by atoms with Crippen LogP contribution in [0, 0.1) is 11.8 Å². The maximum Gasteiger partial charge on any atom is 0.151 e. The third-order valence-electron chi connectivity index (χ3n) is 1.16. The number of hydrogen-bond acceptors (Lipinski definition) is 3. The largest absolute Gasteiger partial charge is 0.237 e. The van der Waals surface area contributed by atoms with E-state index in [4.69, 9.17) is 0 Å². The third kappa shape index (κ3) is 1.28. The molecule has 0 aliphatic heterocycles. The average molecular weight is 137 g/mol. The van der Waals surface area contributed by atoms with Crippen LogP contribution in [0.25, 0.3) is 0 Å². The van der Waals surface area contributed by atoms with Crippen molar-refractivity contribution < 1.29 is 0 Å². The van der Waals surface area contributed by atoms with Crippen LogP contribution in [0.1, 0.15) is 5.56 Å². The van der Waals surface area contributed by atoms with E-state index in [9.17, 15) is 4.91 Å². The van der Waals surface area contributed by atoms with Gasteiger partial charge in [0.1, 0.15) is 0 Å². The topological polar surface area (TPSA) is 54.4 Å². The SMILES string of the molecule is Cc1cccnc1NN=O. The number of nitrogens with one attached hydrogen (secondary N) is 1. The number of aromatic nitrogens is 1. The van der Waals surface area contributed by atoms with Gasteiger partial charge in [-0.3, -0.25) is 0 Å². The van der Waals surface area contributed by atoms with Crippen molar-refractivity contribution in [2.24, 2.45) is 5.29 Å². The molecule has 0 bridgehead atoms. The Balaban J connectivity index is 2.91. The monoisotopic (exact) mass is 137 g/mol. The summed E-state index contributed by atoms with van der Waals surface area (Å²) in [7, 11) is 0. The predicted octanol–water partition coefficient (Wildman–Crippen LogP) is 1.48. The molecule has 0 aliphatic carbocycles. The molecular weight excluding hydrogens is 130 g/mol. The molecular formula is C6H7N3O. The number of nitrogens with zero attached hydrogens (tertiary/aromatic N) is 2. The lowest BCUT2D eigenvalue weighted by atomic mass is 10.3. The average Bonchev–Trinajstić information content (AvgIpc) is 1.94. The van der Waals surface area contributed by atoms with Crippen LogP contribution in [-0.2, 0) is 0 Å². The first-order valence-electron chi connectivity index (χ1n) is 2.84. The third-order valence-corrected chi connectivity index (χ3v) is 1.16. The molecule has 0 unspecified atom stereocenters. The normalized spacial score (nSPS) is 8.90. The number of pyridine rings is 1. The quantitative estimate of drug-likeness (QED) is 0.496. The second kappa shape index (κ2) is 2.91. The predicted molar refractivity (Wildman–Crippen MR) is 38.4 cm³/mol. The lowest BCUT2D eigenvalue weighted by molar-refractivity contribution is 1.18. The summed E-state index contributed by atoms with van der Waals surface area (Å²) in [6, 6.07) is 3.64. The molecule has 0 spiro atoms. The van der Waals surface area contributed by atoms with Gasteiger partial charge in [0, 0.05) is 6.20 Å². The summed E-state index contributed by atoms with van der Waals surface area (Å²) >= 11 is 0. The van der Waals surface area contributed by atoms with Gasteiger partial charge in [-0.15, -0.1) is 4.91 Å². The van der Waals surface area contributed by atoms with Crippen LogP contribution in [0.2, 0.25) is 0 Å². The van der Waals surface area contributed by atoms with Gasteiger partial charge in [-0.2, -0.15) is 0 Å². The molecule has 0 saturated heterocycles. The molecule has 0 amide bonds. The van der Waals surface area contributed by atoms with E-state index in [1.807, 2.05) is 13.0 Å². The van der Waals surface area contributed by atoms with Crippen LogP contribution >= 0.6 is 0 Å². The van der Waals surface area contributed by atoms with Gasteiger partial charge in [-0.1, -0.05) is 6.07 Å². The summed E-state index contributed by atoms with van der Waals surface area (Å²) < 4.78 is 0. The molecule has 0 aromatic carbocycles. The molecule has 10 heavy (non-hydrogen) atoms. The molecule has 1 heterocycles. The molecule has 52 valence electrons. The van der Waals surface area contributed by atoms with Crippen molar-refractivity contribution in [3.05, 3.63) is 28.8 Å². The van der Waals surface area contributed by atoms with E-state index in [0.29, 0.717) is 5.82 Å². The fourth-order valence-corrected chi connectivity index (χ4v) is 0.646. The maximum atomic E-state index is 9.73. The first-order valence-corrected chi connectivity index (χ1v) is 2.84. The molecule has 4 nitrogen and oxygen atoms in total. The minimum absolute atomic E-state index is 0.512. The molecule has 0 aliphatic rings. The van der Waals surface area contributed by atoms with Crippen LogP contribution < -0.4 is 5.43 Å². The summed E-state index contributed by atoms with van der Waals surface area (Å²) in [6.07, 6.45) is 1.60. The first kappa shape index (κ1) is 6.67. The van der Waals surface area contributed by atoms with Crippen molar-refractivity contribution in [2.75, 3.05) is 5.43 Å². The summed E-state index contributed by atoms with van der Waals surface area (Å²) in [5.41, 5.74) is 3.14. The Bertz CT molecular complexity index is 236. The van der Waals surface area contributed by atoms with Crippen LogP contribution in [0.15, 0.2) is 23.6 Å². The highest BCUT2D eigenvalue weighted by atomic mass is 16.3. The Morgan fingerprint density at radius 3 is 3.10 bits per heavy atom. The van der Waals surface area contributed by atoms with E-state index in [2.05, 4.69) is 15.7 Å². The van der Waals surface area contributed by atoms with Crippen LogP contribution in [-0.4, -0.2) is 4.98 Å². The van der Waals surface area contributed by atoms with Gasteiger partial charge < -0.3 is 0 Å². The van der Waals surface area contributed by atoms with E-state index in [1.165, 1.54) is 0 Å². The summed E-state index contributed by atoms with van der Waals surface area (Å²) in [4.78, 5) is 13.6. The zero-order valence-electron chi connectivity index (χ0n) is 5.53. The smallest absolute Gasteiger partial charge is 0.151 e. The van der Waals surface area contributed by atoms with Crippen molar-refractivity contribution in [1.82, 2.24) is 4.98 Å². The lowest BCUT2D eigenvalue weighted by Crippen LogP contribution is -1.91. The van der Waals surface area contributed by atoms with Gasteiger partial charge >= 0.3 is 0 Å². The number of anilines is 1. The Kier molecular flexibility index (Phi) is 1.94. The maximum absolute atomic E-state index is 9.73. The molecule has 0 radical (unpaired) electrons. The highest BCUT2D eigenvalue weighted by Gasteiger charge is 1.93. The fraction of sp³-hybridized carbons (Fsp3) is 0.167. The van der Waals surface area contributed by atoms with Crippen LogP contribution in [0.4, 0.5) is 5.82 Å². The Labute approximate surface area is 58.2 Å². The molecule has 1 aromatic heterocycles. The zero-order chi connectivity index (χ0) is 7.40. The molecule has 0 fully saturated rings. The second-order valence-corrected chi connectivity index (χ2v) is 1.87. The van der Waals surface area contributed by atoms with E-state index >= 15 is 0 Å². The molecule has 0 atom stereocenters. The van der Waals surface area contributed by atoms with Gasteiger partial charge in [0.05, 0.1) is 5.29 Å². The van der Waals surface area contributed by atoms with Crippen molar-refractivity contribution in [2.45, 2.75) is 6.92 Å². The summed E-state index contributed by atoms with van der Waals surface area (Å²) in [5, 5.41) is 2.50. The number of hydrogen-bond donors (Lipinski definition) is 1. The first-order chi connectivity index (χ1) is 4.84. The molecule has 4 heteroatoms.